The molecule has 0 aliphatic carbocycles. The van der Waals surface area contributed by atoms with E-state index in [1.54, 1.807) is 12.1 Å². The van der Waals surface area contributed by atoms with Crippen LogP contribution < -0.4 is 5.32 Å². The van der Waals surface area contributed by atoms with Crippen molar-refractivity contribution in [1.29, 1.82) is 0 Å². The molecule has 0 saturated carbocycles. The fourth-order valence-corrected chi connectivity index (χ4v) is 3.52. The molecule has 2 rings (SSSR count). The first-order valence-corrected chi connectivity index (χ1v) is 9.27. The van der Waals surface area contributed by atoms with Gasteiger partial charge in [0.15, 0.2) is 0 Å². The molecule has 0 unspecified atom stereocenters. The third-order valence-corrected chi connectivity index (χ3v) is 4.93. The molecule has 1 N–H and O–H groups in total. The van der Waals surface area contributed by atoms with Crippen LogP contribution in [0.2, 0.25) is 5.02 Å². The predicted octanol–water partition coefficient (Wildman–Crippen LogP) is 2.55. The van der Waals surface area contributed by atoms with Gasteiger partial charge in [-0.3, -0.25) is 9.69 Å². The molecule has 23 heavy (non-hydrogen) atoms. The van der Waals surface area contributed by atoms with Crippen molar-refractivity contribution in [3.05, 3.63) is 34.6 Å². The van der Waals surface area contributed by atoms with Crippen LogP contribution in [-0.4, -0.2) is 56.0 Å². The molecule has 0 bridgehead atoms. The monoisotopic (exact) mass is 360 g/mol. The van der Waals surface area contributed by atoms with Gasteiger partial charge >= 0.3 is 0 Å². The predicted molar refractivity (Wildman–Crippen MR) is 92.5 cm³/mol. The van der Waals surface area contributed by atoms with Crippen LogP contribution in [0.5, 0.6) is 0 Å². The van der Waals surface area contributed by atoms with Crippen molar-refractivity contribution in [1.82, 2.24) is 10.2 Å². The quantitative estimate of drug-likeness (QED) is 0.723. The van der Waals surface area contributed by atoms with Crippen molar-refractivity contribution in [2.24, 2.45) is 0 Å². The van der Waals surface area contributed by atoms with Crippen molar-refractivity contribution in [3.63, 3.8) is 0 Å². The Morgan fingerprint density at radius 2 is 2.17 bits per heavy atom. The number of rotatable bonds is 8. The third-order valence-electron chi connectivity index (χ3n) is 3.62. The summed E-state index contributed by atoms with van der Waals surface area (Å²) in [7, 11) is 0. The molecule has 7 heteroatoms. The lowest BCUT2D eigenvalue weighted by molar-refractivity contribution is -0.118. The first-order chi connectivity index (χ1) is 11.2. The smallest absolute Gasteiger partial charge is 0.230 e. The van der Waals surface area contributed by atoms with Crippen molar-refractivity contribution >= 4 is 29.3 Å². The first kappa shape index (κ1) is 18.5. The van der Waals surface area contributed by atoms with E-state index in [-0.39, 0.29) is 11.7 Å². The average molecular weight is 361 g/mol. The van der Waals surface area contributed by atoms with Crippen LogP contribution in [0.3, 0.4) is 0 Å². The van der Waals surface area contributed by atoms with Crippen LogP contribution in [0.15, 0.2) is 18.2 Å². The molecule has 1 amide bonds. The van der Waals surface area contributed by atoms with Gasteiger partial charge < -0.3 is 10.1 Å². The molecule has 1 aromatic rings. The number of nitrogens with zero attached hydrogens (tertiary/aromatic N) is 1. The Morgan fingerprint density at radius 3 is 2.91 bits per heavy atom. The van der Waals surface area contributed by atoms with Gasteiger partial charge in [0.05, 0.1) is 19.0 Å². The summed E-state index contributed by atoms with van der Waals surface area (Å²) in [4.78, 5) is 14.1. The van der Waals surface area contributed by atoms with E-state index in [4.69, 9.17) is 16.3 Å². The molecule has 0 radical (unpaired) electrons. The Morgan fingerprint density at radius 1 is 1.39 bits per heavy atom. The van der Waals surface area contributed by atoms with E-state index in [2.05, 4.69) is 10.2 Å². The van der Waals surface area contributed by atoms with Crippen LogP contribution in [0.1, 0.15) is 12.0 Å². The van der Waals surface area contributed by atoms with Crippen LogP contribution >= 0.6 is 23.4 Å². The molecule has 1 aliphatic rings. The zero-order valence-electron chi connectivity index (χ0n) is 13.0. The highest BCUT2D eigenvalue weighted by molar-refractivity contribution is 7.99. The molecule has 4 nitrogen and oxygen atoms in total. The minimum atomic E-state index is -0.323. The lowest BCUT2D eigenvalue weighted by Gasteiger charge is -2.26. The number of benzene rings is 1. The Hall–Kier alpha value is -0.820. The van der Waals surface area contributed by atoms with E-state index in [9.17, 15) is 9.18 Å². The van der Waals surface area contributed by atoms with Crippen molar-refractivity contribution < 1.29 is 13.9 Å². The van der Waals surface area contributed by atoms with Crippen LogP contribution in [0.4, 0.5) is 4.39 Å². The van der Waals surface area contributed by atoms with Gasteiger partial charge in [-0.2, -0.15) is 0 Å². The van der Waals surface area contributed by atoms with Gasteiger partial charge in [-0.15, -0.1) is 11.8 Å². The normalized spacial score (nSPS) is 15.6. The van der Waals surface area contributed by atoms with E-state index in [1.807, 2.05) is 0 Å². The fourth-order valence-electron chi connectivity index (χ4n) is 2.32. The number of carbonyl (C=O) groups is 1. The van der Waals surface area contributed by atoms with Gasteiger partial charge in [-0.1, -0.05) is 17.7 Å². The van der Waals surface area contributed by atoms with E-state index >= 15 is 0 Å². The third kappa shape index (κ3) is 6.67. The average Bonchev–Trinajstić information content (AvgIpc) is 2.55. The molecule has 1 fully saturated rings. The molecule has 1 aliphatic heterocycles. The first-order valence-electron chi connectivity index (χ1n) is 7.74. The maximum absolute atomic E-state index is 13.6. The molecule has 1 aromatic carbocycles. The number of hydrogen-bond donors (Lipinski definition) is 1. The summed E-state index contributed by atoms with van der Waals surface area (Å²) in [5, 5.41) is 3.30. The zero-order valence-corrected chi connectivity index (χ0v) is 14.6. The number of carbonyl (C=O) groups excluding carboxylic acids is 1. The Bertz CT molecular complexity index is 493. The highest BCUT2D eigenvalue weighted by Crippen LogP contribution is 2.23. The Kier molecular flexibility index (Phi) is 8.16. The van der Waals surface area contributed by atoms with E-state index in [0.29, 0.717) is 28.6 Å². The summed E-state index contributed by atoms with van der Waals surface area (Å²) >= 11 is 7.32. The summed E-state index contributed by atoms with van der Waals surface area (Å²) in [5.74, 6) is 0.356. The number of halogens is 2. The number of thioether (sulfide) groups is 1. The summed E-state index contributed by atoms with van der Waals surface area (Å²) in [5.41, 5.74) is 0.458. The van der Waals surface area contributed by atoms with Crippen LogP contribution in [0.25, 0.3) is 0 Å². The molecule has 1 saturated heterocycles. The van der Waals surface area contributed by atoms with E-state index in [1.165, 1.54) is 17.8 Å². The number of ether oxygens (including phenoxy) is 1. The Labute approximate surface area is 145 Å². The summed E-state index contributed by atoms with van der Waals surface area (Å²) < 4.78 is 18.9. The lowest BCUT2D eigenvalue weighted by atomic mass is 10.2. The number of morpholine rings is 1. The SMILES string of the molecule is O=C(CSCc1c(F)cccc1Cl)NCCCN1CCOCC1. The van der Waals surface area contributed by atoms with Crippen LogP contribution in [0, 0.1) is 5.82 Å². The van der Waals surface area contributed by atoms with Gasteiger partial charge in [0.25, 0.3) is 0 Å². The van der Waals surface area contributed by atoms with Crippen LogP contribution in [-0.2, 0) is 15.3 Å². The van der Waals surface area contributed by atoms with Crippen molar-refractivity contribution in [3.8, 4) is 0 Å². The number of nitrogens with one attached hydrogen (secondary N) is 1. The highest BCUT2D eigenvalue weighted by atomic mass is 35.5. The molecular weight excluding hydrogens is 339 g/mol. The summed E-state index contributed by atoms with van der Waals surface area (Å²) in [6, 6.07) is 4.62. The molecule has 128 valence electrons. The molecular formula is C16H22ClFN2O2S. The topological polar surface area (TPSA) is 41.6 Å². The zero-order chi connectivity index (χ0) is 16.5. The van der Waals surface area contributed by atoms with Gasteiger partial charge in [-0.05, 0) is 25.1 Å². The second kappa shape index (κ2) is 10.1. The van der Waals surface area contributed by atoms with Gasteiger partial charge in [0.2, 0.25) is 5.91 Å². The maximum atomic E-state index is 13.6. The van der Waals surface area contributed by atoms with E-state index in [0.717, 1.165) is 39.3 Å². The van der Waals surface area contributed by atoms with E-state index < -0.39 is 0 Å². The summed E-state index contributed by atoms with van der Waals surface area (Å²) in [6.45, 7) is 5.16. The molecule has 0 spiro atoms. The van der Waals surface area contributed by atoms with Gasteiger partial charge in [0, 0.05) is 36.0 Å². The fraction of sp³-hybridized carbons (Fsp3) is 0.562. The standard InChI is InChI=1S/C16H22ClFN2O2S/c17-14-3-1-4-15(18)13(14)11-23-12-16(21)19-5-2-6-20-7-9-22-10-8-20/h1,3-4H,2,5-12H2,(H,19,21). The second-order valence-corrected chi connectivity index (χ2v) is 6.74. The molecule has 0 atom stereocenters. The van der Waals surface area contributed by atoms with Crippen molar-refractivity contribution in [2.45, 2.75) is 12.2 Å². The van der Waals surface area contributed by atoms with Gasteiger partial charge in [0.1, 0.15) is 5.82 Å². The minimum Gasteiger partial charge on any atom is -0.379 e. The highest BCUT2D eigenvalue weighted by Gasteiger charge is 2.10. The van der Waals surface area contributed by atoms with Gasteiger partial charge in [-0.25, -0.2) is 4.39 Å². The minimum absolute atomic E-state index is 0.0237. The Balaban J connectivity index is 1.56. The largest absolute Gasteiger partial charge is 0.379 e. The molecule has 1 heterocycles. The maximum Gasteiger partial charge on any atom is 0.230 e. The number of hydrogen-bond acceptors (Lipinski definition) is 4. The van der Waals surface area contributed by atoms with Crippen molar-refractivity contribution in [2.75, 3.05) is 45.1 Å². The summed E-state index contributed by atoms with van der Waals surface area (Å²) in [6.07, 6.45) is 0.926. The lowest BCUT2D eigenvalue weighted by Crippen LogP contribution is -2.38. The second-order valence-electron chi connectivity index (χ2n) is 5.35. The molecule has 0 aromatic heterocycles. The number of amides is 1.